The smallest absolute Gasteiger partial charge is 0.248 e. The van der Waals surface area contributed by atoms with E-state index in [1.54, 1.807) is 54.7 Å². The SMILES string of the molecule is Cc1cc(O)ccc1Nc1ccnc(Nc2cccc(C(N)=O)c2)n1. The zero-order chi connectivity index (χ0) is 17.8. The van der Waals surface area contributed by atoms with Crippen LogP contribution in [0.3, 0.4) is 0 Å². The van der Waals surface area contributed by atoms with Crippen LogP contribution in [0.25, 0.3) is 0 Å². The number of benzene rings is 2. The number of carbonyl (C=O) groups is 1. The molecule has 1 heterocycles. The largest absolute Gasteiger partial charge is 0.508 e. The van der Waals surface area contributed by atoms with Crippen LogP contribution in [0.4, 0.5) is 23.1 Å². The number of rotatable bonds is 5. The molecule has 7 heteroatoms. The Morgan fingerprint density at radius 2 is 1.96 bits per heavy atom. The molecule has 5 N–H and O–H groups in total. The lowest BCUT2D eigenvalue weighted by Gasteiger charge is -2.11. The Balaban J connectivity index is 1.79. The van der Waals surface area contributed by atoms with Gasteiger partial charge in [-0.3, -0.25) is 4.79 Å². The van der Waals surface area contributed by atoms with Crippen LogP contribution >= 0.6 is 0 Å². The maximum absolute atomic E-state index is 11.3. The Morgan fingerprint density at radius 3 is 2.72 bits per heavy atom. The van der Waals surface area contributed by atoms with Gasteiger partial charge < -0.3 is 21.5 Å². The Kier molecular flexibility index (Phi) is 4.47. The lowest BCUT2D eigenvalue weighted by Crippen LogP contribution is -2.11. The fourth-order valence-electron chi connectivity index (χ4n) is 2.29. The van der Waals surface area contributed by atoms with Crippen molar-refractivity contribution in [3.63, 3.8) is 0 Å². The minimum absolute atomic E-state index is 0.211. The standard InChI is InChI=1S/C18H17N5O2/c1-11-9-14(24)5-6-15(11)22-16-7-8-20-18(23-16)21-13-4-2-3-12(10-13)17(19)25/h2-10,24H,1H3,(H2,19,25)(H2,20,21,22,23). The Labute approximate surface area is 144 Å². The summed E-state index contributed by atoms with van der Waals surface area (Å²) in [4.78, 5) is 19.8. The first kappa shape index (κ1) is 16.3. The van der Waals surface area contributed by atoms with Crippen LogP contribution in [-0.2, 0) is 0 Å². The summed E-state index contributed by atoms with van der Waals surface area (Å²) in [7, 11) is 0. The highest BCUT2D eigenvalue weighted by atomic mass is 16.3. The second kappa shape index (κ2) is 6.88. The van der Waals surface area contributed by atoms with E-state index in [9.17, 15) is 9.90 Å². The van der Waals surface area contributed by atoms with E-state index in [1.807, 2.05) is 6.92 Å². The molecule has 7 nitrogen and oxygen atoms in total. The predicted octanol–water partition coefficient (Wildman–Crippen LogP) is 3.08. The van der Waals surface area contributed by atoms with Gasteiger partial charge in [-0.15, -0.1) is 0 Å². The van der Waals surface area contributed by atoms with Gasteiger partial charge in [0.05, 0.1) is 0 Å². The summed E-state index contributed by atoms with van der Waals surface area (Å²) in [6.45, 7) is 1.89. The maximum Gasteiger partial charge on any atom is 0.248 e. The first-order valence-electron chi connectivity index (χ1n) is 7.58. The van der Waals surface area contributed by atoms with E-state index in [0.29, 0.717) is 23.0 Å². The van der Waals surface area contributed by atoms with E-state index >= 15 is 0 Å². The fraction of sp³-hybridized carbons (Fsp3) is 0.0556. The summed E-state index contributed by atoms with van der Waals surface area (Å²) in [5, 5.41) is 15.7. The topological polar surface area (TPSA) is 113 Å². The molecule has 1 aromatic heterocycles. The van der Waals surface area contributed by atoms with E-state index in [1.165, 1.54) is 0 Å². The van der Waals surface area contributed by atoms with Crippen molar-refractivity contribution in [3.05, 3.63) is 65.9 Å². The molecule has 0 saturated heterocycles. The van der Waals surface area contributed by atoms with Gasteiger partial charge >= 0.3 is 0 Å². The van der Waals surface area contributed by atoms with Gasteiger partial charge in [0.2, 0.25) is 11.9 Å². The number of phenolic OH excluding ortho intramolecular Hbond substituents is 1. The number of nitrogens with zero attached hydrogens (tertiary/aromatic N) is 2. The van der Waals surface area contributed by atoms with Crippen molar-refractivity contribution in [3.8, 4) is 5.75 Å². The highest BCUT2D eigenvalue weighted by Gasteiger charge is 2.05. The predicted molar refractivity (Wildman–Crippen MR) is 96.4 cm³/mol. The van der Waals surface area contributed by atoms with Crippen LogP contribution in [0.1, 0.15) is 15.9 Å². The molecule has 3 aromatic rings. The number of hydrogen-bond donors (Lipinski definition) is 4. The van der Waals surface area contributed by atoms with Gasteiger partial charge in [0.15, 0.2) is 0 Å². The van der Waals surface area contributed by atoms with Crippen molar-refractivity contribution < 1.29 is 9.90 Å². The molecular weight excluding hydrogens is 318 g/mol. The first-order chi connectivity index (χ1) is 12.0. The number of amides is 1. The highest BCUT2D eigenvalue weighted by Crippen LogP contribution is 2.24. The number of aromatic hydroxyl groups is 1. The molecule has 0 saturated carbocycles. The number of aromatic nitrogens is 2. The van der Waals surface area contributed by atoms with Gasteiger partial charge in [0.25, 0.3) is 0 Å². The third-order valence-corrected chi connectivity index (χ3v) is 3.53. The lowest BCUT2D eigenvalue weighted by atomic mass is 10.2. The quantitative estimate of drug-likeness (QED) is 0.533. The molecule has 2 aromatic carbocycles. The molecule has 25 heavy (non-hydrogen) atoms. The third-order valence-electron chi connectivity index (χ3n) is 3.53. The van der Waals surface area contributed by atoms with Crippen molar-refractivity contribution in [1.82, 2.24) is 9.97 Å². The van der Waals surface area contributed by atoms with Gasteiger partial charge in [-0.1, -0.05) is 6.07 Å². The number of hydrogen-bond acceptors (Lipinski definition) is 6. The highest BCUT2D eigenvalue weighted by molar-refractivity contribution is 5.93. The van der Waals surface area contributed by atoms with Gasteiger partial charge in [0.1, 0.15) is 11.6 Å². The molecule has 126 valence electrons. The number of aryl methyl sites for hydroxylation is 1. The normalized spacial score (nSPS) is 10.3. The number of carbonyl (C=O) groups excluding carboxylic acids is 1. The minimum atomic E-state index is -0.497. The molecule has 3 rings (SSSR count). The van der Waals surface area contributed by atoms with Crippen LogP contribution in [-0.4, -0.2) is 21.0 Å². The van der Waals surface area contributed by atoms with Crippen molar-refractivity contribution >= 4 is 29.0 Å². The maximum atomic E-state index is 11.3. The van der Waals surface area contributed by atoms with Crippen molar-refractivity contribution in [2.24, 2.45) is 5.73 Å². The summed E-state index contributed by atoms with van der Waals surface area (Å²) in [6.07, 6.45) is 1.62. The first-order valence-corrected chi connectivity index (χ1v) is 7.58. The van der Waals surface area contributed by atoms with E-state index in [4.69, 9.17) is 5.73 Å². The van der Waals surface area contributed by atoms with Crippen LogP contribution < -0.4 is 16.4 Å². The average Bonchev–Trinajstić information content (AvgIpc) is 2.58. The van der Waals surface area contributed by atoms with E-state index in [-0.39, 0.29) is 5.75 Å². The molecular formula is C18H17N5O2. The average molecular weight is 335 g/mol. The Bertz CT molecular complexity index is 927. The summed E-state index contributed by atoms with van der Waals surface area (Å²) in [5.41, 5.74) is 8.07. The zero-order valence-electron chi connectivity index (χ0n) is 13.5. The number of anilines is 4. The van der Waals surface area contributed by atoms with Gasteiger partial charge in [-0.2, -0.15) is 4.98 Å². The summed E-state index contributed by atoms with van der Waals surface area (Å²) < 4.78 is 0. The van der Waals surface area contributed by atoms with Gasteiger partial charge in [0, 0.05) is 23.1 Å². The lowest BCUT2D eigenvalue weighted by molar-refractivity contribution is 0.100. The molecule has 0 spiro atoms. The molecule has 1 amide bonds. The van der Waals surface area contributed by atoms with Crippen LogP contribution in [0.15, 0.2) is 54.7 Å². The molecule has 0 unspecified atom stereocenters. The summed E-state index contributed by atoms with van der Waals surface area (Å²) in [6, 6.07) is 13.6. The molecule has 0 aliphatic carbocycles. The Hall–Kier alpha value is -3.61. The molecule has 0 atom stereocenters. The van der Waals surface area contributed by atoms with E-state index in [0.717, 1.165) is 11.3 Å². The minimum Gasteiger partial charge on any atom is -0.508 e. The second-order valence-electron chi connectivity index (χ2n) is 5.46. The number of primary amides is 1. The second-order valence-corrected chi connectivity index (χ2v) is 5.46. The summed E-state index contributed by atoms with van der Waals surface area (Å²) >= 11 is 0. The fourth-order valence-corrected chi connectivity index (χ4v) is 2.29. The van der Waals surface area contributed by atoms with Crippen LogP contribution in [0.2, 0.25) is 0 Å². The molecule has 0 bridgehead atoms. The molecule has 0 radical (unpaired) electrons. The molecule has 0 aliphatic heterocycles. The van der Waals surface area contributed by atoms with Crippen molar-refractivity contribution in [2.75, 3.05) is 10.6 Å². The summed E-state index contributed by atoms with van der Waals surface area (Å²) in [5.74, 6) is 0.686. The van der Waals surface area contributed by atoms with Crippen molar-refractivity contribution in [1.29, 1.82) is 0 Å². The molecule has 0 aliphatic rings. The van der Waals surface area contributed by atoms with Crippen LogP contribution in [0.5, 0.6) is 5.75 Å². The van der Waals surface area contributed by atoms with E-state index < -0.39 is 5.91 Å². The van der Waals surface area contributed by atoms with Crippen LogP contribution in [0, 0.1) is 6.92 Å². The van der Waals surface area contributed by atoms with E-state index in [2.05, 4.69) is 20.6 Å². The number of phenols is 1. The zero-order valence-corrected chi connectivity index (χ0v) is 13.5. The third kappa shape index (κ3) is 4.03. The van der Waals surface area contributed by atoms with Gasteiger partial charge in [-0.05, 0) is 55.0 Å². The Morgan fingerprint density at radius 1 is 1.12 bits per heavy atom. The number of nitrogens with one attached hydrogen (secondary N) is 2. The monoisotopic (exact) mass is 335 g/mol. The van der Waals surface area contributed by atoms with Crippen molar-refractivity contribution in [2.45, 2.75) is 6.92 Å². The number of nitrogens with two attached hydrogens (primary N) is 1. The molecule has 0 fully saturated rings. The van der Waals surface area contributed by atoms with Gasteiger partial charge in [-0.25, -0.2) is 4.98 Å².